The Balaban J connectivity index is 1.25. The summed E-state index contributed by atoms with van der Waals surface area (Å²) in [5.74, 6) is 0.713. The van der Waals surface area contributed by atoms with Crippen LogP contribution in [0.3, 0.4) is 0 Å². The SMILES string of the molecule is c1ccc(-c2cccc(-c3cc(-c4ccc(-n5c6ccccc6c6ccccc65)cc4)nc(-c4ccccc4)n3)c2)cc1. The second kappa shape index (κ2) is 10.6. The summed E-state index contributed by atoms with van der Waals surface area (Å²) in [6.07, 6.45) is 0. The molecule has 0 aliphatic carbocycles. The van der Waals surface area contributed by atoms with Crippen molar-refractivity contribution >= 4 is 21.8 Å². The quantitative estimate of drug-likeness (QED) is 0.214. The summed E-state index contributed by atoms with van der Waals surface area (Å²) < 4.78 is 2.34. The third-order valence-electron chi connectivity index (χ3n) is 8.02. The normalized spacial score (nSPS) is 11.3. The van der Waals surface area contributed by atoms with Crippen molar-refractivity contribution in [2.75, 3.05) is 0 Å². The first-order valence-corrected chi connectivity index (χ1v) is 14.5. The van der Waals surface area contributed by atoms with Crippen LogP contribution >= 0.6 is 0 Å². The second-order valence-electron chi connectivity index (χ2n) is 10.7. The van der Waals surface area contributed by atoms with Gasteiger partial charge in [0.1, 0.15) is 0 Å². The molecule has 8 aromatic rings. The second-order valence-corrected chi connectivity index (χ2v) is 10.7. The topological polar surface area (TPSA) is 30.7 Å². The zero-order valence-electron chi connectivity index (χ0n) is 23.4. The van der Waals surface area contributed by atoms with E-state index >= 15 is 0 Å². The van der Waals surface area contributed by atoms with Gasteiger partial charge in [-0.05, 0) is 47.5 Å². The van der Waals surface area contributed by atoms with Gasteiger partial charge in [0.05, 0.1) is 22.4 Å². The van der Waals surface area contributed by atoms with E-state index in [1.165, 1.54) is 27.4 Å². The van der Waals surface area contributed by atoms with Crippen molar-refractivity contribution < 1.29 is 0 Å². The Hall–Kier alpha value is -5.80. The van der Waals surface area contributed by atoms with E-state index in [2.05, 4.69) is 144 Å². The number of rotatable bonds is 5. The number of benzene rings is 6. The molecule has 2 heterocycles. The van der Waals surface area contributed by atoms with Crippen molar-refractivity contribution in [3.05, 3.63) is 164 Å². The lowest BCUT2D eigenvalue weighted by Crippen LogP contribution is -1.97. The largest absolute Gasteiger partial charge is 0.309 e. The van der Waals surface area contributed by atoms with E-state index in [1.807, 2.05) is 24.3 Å². The first kappa shape index (κ1) is 25.0. The fourth-order valence-corrected chi connectivity index (χ4v) is 5.93. The lowest BCUT2D eigenvalue weighted by atomic mass is 10.0. The molecule has 0 bridgehead atoms. The molecule has 0 fully saturated rings. The van der Waals surface area contributed by atoms with Crippen LogP contribution in [0.5, 0.6) is 0 Å². The highest BCUT2D eigenvalue weighted by atomic mass is 15.0. The summed E-state index contributed by atoms with van der Waals surface area (Å²) in [6.45, 7) is 0. The monoisotopic (exact) mass is 549 g/mol. The molecule has 8 rings (SSSR count). The van der Waals surface area contributed by atoms with E-state index in [1.54, 1.807) is 0 Å². The molecule has 3 nitrogen and oxygen atoms in total. The maximum absolute atomic E-state index is 5.05. The number of hydrogen-bond donors (Lipinski definition) is 0. The Morgan fingerprint density at radius 2 is 0.860 bits per heavy atom. The van der Waals surface area contributed by atoms with E-state index in [-0.39, 0.29) is 0 Å². The number of nitrogens with zero attached hydrogens (tertiary/aromatic N) is 3. The van der Waals surface area contributed by atoms with Gasteiger partial charge in [0.2, 0.25) is 0 Å². The van der Waals surface area contributed by atoms with Gasteiger partial charge in [-0.25, -0.2) is 9.97 Å². The first-order chi connectivity index (χ1) is 21.3. The van der Waals surface area contributed by atoms with Gasteiger partial charge in [-0.3, -0.25) is 0 Å². The van der Waals surface area contributed by atoms with E-state index in [4.69, 9.17) is 9.97 Å². The van der Waals surface area contributed by atoms with Crippen molar-refractivity contribution in [1.82, 2.24) is 14.5 Å². The minimum absolute atomic E-state index is 0.713. The predicted octanol–water partition coefficient (Wildman–Crippen LogP) is 10.2. The van der Waals surface area contributed by atoms with Crippen LogP contribution in [-0.4, -0.2) is 14.5 Å². The molecule has 0 saturated carbocycles. The van der Waals surface area contributed by atoms with Gasteiger partial charge in [0.15, 0.2) is 5.82 Å². The summed E-state index contributed by atoms with van der Waals surface area (Å²) >= 11 is 0. The highest BCUT2D eigenvalue weighted by molar-refractivity contribution is 6.09. The fraction of sp³-hybridized carbons (Fsp3) is 0. The maximum atomic E-state index is 5.05. The lowest BCUT2D eigenvalue weighted by Gasteiger charge is -2.12. The molecule has 3 heteroatoms. The van der Waals surface area contributed by atoms with Crippen LogP contribution in [0.1, 0.15) is 0 Å². The summed E-state index contributed by atoms with van der Waals surface area (Å²) in [4.78, 5) is 10.1. The Kier molecular flexibility index (Phi) is 6.12. The summed E-state index contributed by atoms with van der Waals surface area (Å²) in [7, 11) is 0. The lowest BCUT2D eigenvalue weighted by molar-refractivity contribution is 1.17. The van der Waals surface area contributed by atoms with Gasteiger partial charge in [-0.15, -0.1) is 0 Å². The Labute approximate surface area is 250 Å². The van der Waals surface area contributed by atoms with Gasteiger partial charge in [0.25, 0.3) is 0 Å². The molecular formula is C40H27N3. The molecule has 0 aliphatic rings. The van der Waals surface area contributed by atoms with Crippen molar-refractivity contribution in [2.24, 2.45) is 0 Å². The van der Waals surface area contributed by atoms with E-state index < -0.39 is 0 Å². The van der Waals surface area contributed by atoms with Crippen LogP contribution in [0, 0.1) is 0 Å². The third-order valence-corrected chi connectivity index (χ3v) is 8.02. The Morgan fingerprint density at radius 3 is 1.51 bits per heavy atom. The zero-order valence-corrected chi connectivity index (χ0v) is 23.4. The first-order valence-electron chi connectivity index (χ1n) is 14.5. The van der Waals surface area contributed by atoms with Crippen LogP contribution in [0.4, 0.5) is 0 Å². The average Bonchev–Trinajstić information content (AvgIpc) is 3.43. The van der Waals surface area contributed by atoms with Crippen LogP contribution in [-0.2, 0) is 0 Å². The van der Waals surface area contributed by atoms with Gasteiger partial charge in [0, 0.05) is 33.2 Å². The highest BCUT2D eigenvalue weighted by Gasteiger charge is 2.14. The van der Waals surface area contributed by atoms with Crippen molar-refractivity contribution in [2.45, 2.75) is 0 Å². The molecule has 0 amide bonds. The predicted molar refractivity (Wildman–Crippen MR) is 178 cm³/mol. The number of fused-ring (bicyclic) bond motifs is 3. The van der Waals surface area contributed by atoms with E-state index in [9.17, 15) is 0 Å². The summed E-state index contributed by atoms with van der Waals surface area (Å²) in [5.41, 5.74) is 10.7. The standard InChI is InChI=1S/C40H27N3/c1-3-12-28(13-4-1)31-16-11-17-32(26-31)37-27-36(41-40(42-37)30-14-5-2-6-15-30)29-22-24-33(25-23-29)43-38-20-9-7-18-34(38)35-19-8-10-21-39(35)43/h1-27H. The number of hydrogen-bond acceptors (Lipinski definition) is 2. The van der Waals surface area contributed by atoms with E-state index in [0.29, 0.717) is 5.82 Å². The summed E-state index contributed by atoms with van der Waals surface area (Å²) in [6, 6.07) is 57.3. The molecule has 0 aliphatic heterocycles. The average molecular weight is 550 g/mol. The maximum Gasteiger partial charge on any atom is 0.160 e. The minimum atomic E-state index is 0.713. The highest BCUT2D eigenvalue weighted by Crippen LogP contribution is 2.34. The van der Waals surface area contributed by atoms with Crippen LogP contribution in [0.15, 0.2) is 164 Å². The Bertz CT molecular complexity index is 2160. The molecule has 0 atom stereocenters. The van der Waals surface area contributed by atoms with Gasteiger partial charge < -0.3 is 4.57 Å². The molecule has 43 heavy (non-hydrogen) atoms. The van der Waals surface area contributed by atoms with Gasteiger partial charge in [-0.2, -0.15) is 0 Å². The minimum Gasteiger partial charge on any atom is -0.309 e. The molecule has 0 radical (unpaired) electrons. The molecule has 202 valence electrons. The number of para-hydroxylation sites is 2. The molecule has 6 aromatic carbocycles. The Morgan fingerprint density at radius 1 is 0.349 bits per heavy atom. The summed E-state index contributed by atoms with van der Waals surface area (Å²) in [5, 5.41) is 2.51. The molecule has 0 saturated heterocycles. The fourth-order valence-electron chi connectivity index (χ4n) is 5.93. The smallest absolute Gasteiger partial charge is 0.160 e. The van der Waals surface area contributed by atoms with Gasteiger partial charge in [-0.1, -0.05) is 127 Å². The molecular weight excluding hydrogens is 522 g/mol. The molecule has 2 aromatic heterocycles. The van der Waals surface area contributed by atoms with Crippen LogP contribution < -0.4 is 0 Å². The third kappa shape index (κ3) is 4.58. The van der Waals surface area contributed by atoms with Crippen molar-refractivity contribution in [1.29, 1.82) is 0 Å². The van der Waals surface area contributed by atoms with Crippen molar-refractivity contribution in [3.63, 3.8) is 0 Å². The zero-order chi connectivity index (χ0) is 28.6. The van der Waals surface area contributed by atoms with Crippen LogP contribution in [0.25, 0.3) is 72.5 Å². The van der Waals surface area contributed by atoms with E-state index in [0.717, 1.165) is 39.3 Å². The van der Waals surface area contributed by atoms with Crippen LogP contribution in [0.2, 0.25) is 0 Å². The molecule has 0 spiro atoms. The molecule has 0 unspecified atom stereocenters. The van der Waals surface area contributed by atoms with Crippen molar-refractivity contribution in [3.8, 4) is 50.7 Å². The molecule has 0 N–H and O–H groups in total. The number of aromatic nitrogens is 3. The van der Waals surface area contributed by atoms with Gasteiger partial charge >= 0.3 is 0 Å².